The standard InChI is InChI=1S/C29H61NO9Si2/c1-11-21-24-27(40(34-15-5,35-16-6)36-17-7)29(33-14-4,41(37-18-8,38-19-9)39-20-10)28(32-13-3)26(31-12-2)23-22-25-30/h11,27H,1,12-25,30H2,2-10H3/b28-26+. The van der Waals surface area contributed by atoms with Gasteiger partial charge < -0.3 is 46.5 Å². The van der Waals surface area contributed by atoms with Gasteiger partial charge in [-0.15, -0.1) is 6.58 Å². The van der Waals surface area contributed by atoms with Crippen molar-refractivity contribution in [2.45, 2.75) is 98.8 Å². The summed E-state index contributed by atoms with van der Waals surface area (Å²) in [6, 6.07) is 0. The number of rotatable bonds is 28. The Bertz CT molecular complexity index is 680. The Hall–Kier alpha value is -0.806. The highest BCUT2D eigenvalue weighted by Gasteiger charge is 2.76. The van der Waals surface area contributed by atoms with E-state index >= 15 is 0 Å². The average Bonchev–Trinajstić information content (AvgIpc) is 2.94. The molecule has 0 fully saturated rings. The van der Waals surface area contributed by atoms with E-state index in [-0.39, 0.29) is 0 Å². The van der Waals surface area contributed by atoms with E-state index < -0.39 is 28.4 Å². The summed E-state index contributed by atoms with van der Waals surface area (Å²) in [5.74, 6) is 1.10. The summed E-state index contributed by atoms with van der Waals surface area (Å²) in [4.78, 5) is 0. The topological polar surface area (TPSA) is 109 Å². The number of hydrogen-bond donors (Lipinski definition) is 1. The van der Waals surface area contributed by atoms with Crippen molar-refractivity contribution >= 4 is 17.6 Å². The molecule has 0 saturated heterocycles. The summed E-state index contributed by atoms with van der Waals surface area (Å²) in [6.07, 6.45) is 4.25. The molecule has 2 atom stereocenters. The Labute approximate surface area is 252 Å². The van der Waals surface area contributed by atoms with Crippen LogP contribution in [0.4, 0.5) is 0 Å². The van der Waals surface area contributed by atoms with E-state index in [2.05, 4.69) is 6.58 Å². The van der Waals surface area contributed by atoms with Crippen molar-refractivity contribution in [3.05, 3.63) is 24.2 Å². The molecule has 0 spiro atoms. The van der Waals surface area contributed by atoms with Gasteiger partial charge in [0.2, 0.25) is 5.22 Å². The Morgan fingerprint density at radius 2 is 1.20 bits per heavy atom. The molecule has 2 unspecified atom stereocenters. The van der Waals surface area contributed by atoms with Crippen LogP contribution in [0.1, 0.15) is 88.0 Å². The normalized spacial score (nSPS) is 15.3. The van der Waals surface area contributed by atoms with Crippen LogP contribution in [0.25, 0.3) is 0 Å². The summed E-state index contributed by atoms with van der Waals surface area (Å²) < 4.78 is 59.8. The van der Waals surface area contributed by atoms with Crippen molar-refractivity contribution in [2.75, 3.05) is 66.0 Å². The Kier molecular flexibility index (Phi) is 22.2. The quantitative estimate of drug-likeness (QED) is 0.0657. The highest BCUT2D eigenvalue weighted by molar-refractivity contribution is 6.71. The minimum Gasteiger partial charge on any atom is -0.495 e. The van der Waals surface area contributed by atoms with Crippen molar-refractivity contribution in [2.24, 2.45) is 5.73 Å². The Balaban J connectivity index is 8.54. The molecule has 0 aromatic rings. The Morgan fingerprint density at radius 1 is 0.707 bits per heavy atom. The first-order valence-electron chi connectivity index (χ1n) is 15.6. The van der Waals surface area contributed by atoms with Gasteiger partial charge in [-0.05, 0) is 88.1 Å². The van der Waals surface area contributed by atoms with Crippen molar-refractivity contribution in [1.29, 1.82) is 0 Å². The molecule has 0 heterocycles. The predicted octanol–water partition coefficient (Wildman–Crippen LogP) is 5.76. The molecule has 0 aromatic heterocycles. The molecule has 0 saturated carbocycles. The van der Waals surface area contributed by atoms with E-state index in [9.17, 15) is 0 Å². The largest absolute Gasteiger partial charge is 0.543 e. The fourth-order valence-electron chi connectivity index (χ4n) is 5.18. The van der Waals surface area contributed by atoms with Crippen LogP contribution >= 0.6 is 0 Å². The van der Waals surface area contributed by atoms with E-state index in [0.29, 0.717) is 103 Å². The lowest BCUT2D eigenvalue weighted by atomic mass is 10.1. The van der Waals surface area contributed by atoms with Gasteiger partial charge in [0, 0.05) is 52.7 Å². The minimum atomic E-state index is -3.89. The first-order valence-corrected chi connectivity index (χ1v) is 19.1. The molecule has 244 valence electrons. The first kappa shape index (κ1) is 40.2. The molecular weight excluding hydrogens is 562 g/mol. The number of allylic oxidation sites excluding steroid dienone is 2. The van der Waals surface area contributed by atoms with Crippen LogP contribution in [0, 0.1) is 0 Å². The van der Waals surface area contributed by atoms with E-state index in [0.717, 1.165) is 0 Å². The van der Waals surface area contributed by atoms with Crippen LogP contribution in [0.15, 0.2) is 24.2 Å². The smallest absolute Gasteiger partial charge is 0.495 e. The third-order valence-corrected chi connectivity index (χ3v) is 13.8. The Morgan fingerprint density at radius 3 is 1.56 bits per heavy atom. The fraction of sp³-hybridized carbons (Fsp3) is 0.862. The minimum absolute atomic E-state index is 0.300. The average molecular weight is 624 g/mol. The highest BCUT2D eigenvalue weighted by Crippen LogP contribution is 2.53. The summed E-state index contributed by atoms with van der Waals surface area (Å²) in [6.45, 7) is 25.1. The molecule has 0 amide bonds. The van der Waals surface area contributed by atoms with Crippen LogP contribution in [-0.4, -0.2) is 88.8 Å². The van der Waals surface area contributed by atoms with Gasteiger partial charge in [-0.25, -0.2) is 0 Å². The zero-order valence-corrected chi connectivity index (χ0v) is 29.5. The molecule has 41 heavy (non-hydrogen) atoms. The molecule has 0 radical (unpaired) electrons. The van der Waals surface area contributed by atoms with Crippen molar-refractivity contribution in [1.82, 2.24) is 0 Å². The van der Waals surface area contributed by atoms with E-state index in [1.54, 1.807) is 0 Å². The van der Waals surface area contributed by atoms with Crippen LogP contribution in [0.5, 0.6) is 0 Å². The predicted molar refractivity (Wildman–Crippen MR) is 167 cm³/mol. The molecule has 10 nitrogen and oxygen atoms in total. The summed E-state index contributed by atoms with van der Waals surface area (Å²) in [5, 5.41) is -1.44. The summed E-state index contributed by atoms with van der Waals surface area (Å²) in [5.41, 5.74) is 5.42. The zero-order chi connectivity index (χ0) is 31.2. The molecule has 0 bridgehead atoms. The molecule has 0 aromatic carbocycles. The highest BCUT2D eigenvalue weighted by atomic mass is 28.4. The van der Waals surface area contributed by atoms with Gasteiger partial charge in [-0.3, -0.25) is 0 Å². The lowest BCUT2D eigenvalue weighted by Crippen LogP contribution is -2.74. The van der Waals surface area contributed by atoms with Crippen LogP contribution in [0.3, 0.4) is 0 Å². The third kappa shape index (κ3) is 10.4. The lowest BCUT2D eigenvalue weighted by Gasteiger charge is -2.52. The van der Waals surface area contributed by atoms with Crippen LogP contribution in [0.2, 0.25) is 5.54 Å². The molecule has 0 aliphatic carbocycles. The third-order valence-electron chi connectivity index (χ3n) is 6.25. The van der Waals surface area contributed by atoms with Crippen molar-refractivity contribution < 1.29 is 40.8 Å². The number of nitrogens with two attached hydrogens (primary N) is 1. The van der Waals surface area contributed by atoms with Gasteiger partial charge in [0.15, 0.2) is 5.76 Å². The van der Waals surface area contributed by atoms with Gasteiger partial charge >= 0.3 is 17.6 Å². The monoisotopic (exact) mass is 623 g/mol. The number of hydrogen-bond acceptors (Lipinski definition) is 10. The second-order valence-electron chi connectivity index (χ2n) is 8.86. The van der Waals surface area contributed by atoms with Gasteiger partial charge in [0.25, 0.3) is 0 Å². The van der Waals surface area contributed by atoms with Crippen LogP contribution in [-0.2, 0) is 40.8 Å². The zero-order valence-electron chi connectivity index (χ0n) is 27.5. The molecule has 0 aliphatic rings. The van der Waals surface area contributed by atoms with Gasteiger partial charge in [0.05, 0.1) is 18.8 Å². The maximum Gasteiger partial charge on any atom is 0.543 e. The summed E-state index contributed by atoms with van der Waals surface area (Å²) in [7, 11) is -7.49. The fourth-order valence-corrected chi connectivity index (χ4v) is 12.9. The molecule has 0 aliphatic heterocycles. The summed E-state index contributed by atoms with van der Waals surface area (Å²) >= 11 is 0. The van der Waals surface area contributed by atoms with Crippen molar-refractivity contribution in [3.8, 4) is 0 Å². The molecular formula is C29H61NO9Si2. The van der Waals surface area contributed by atoms with E-state index in [4.69, 9.17) is 46.5 Å². The van der Waals surface area contributed by atoms with E-state index in [1.165, 1.54) is 0 Å². The van der Waals surface area contributed by atoms with Gasteiger partial charge in [0.1, 0.15) is 5.76 Å². The second-order valence-corrected chi connectivity index (χ2v) is 14.3. The molecule has 0 rings (SSSR count). The second kappa shape index (κ2) is 22.7. The molecule has 12 heteroatoms. The first-order chi connectivity index (χ1) is 19.8. The van der Waals surface area contributed by atoms with Crippen LogP contribution < -0.4 is 5.73 Å². The van der Waals surface area contributed by atoms with Crippen molar-refractivity contribution in [3.63, 3.8) is 0 Å². The van der Waals surface area contributed by atoms with E-state index in [1.807, 2.05) is 68.4 Å². The maximum absolute atomic E-state index is 7.03. The SMILES string of the molecule is C=CCCC(C(OCC)(/C(OCC)=C(/CCCN)OCC)[Si](OCC)(OCC)OCC)[Si](OCC)(OCC)OCC. The number of ether oxygens (including phenoxy) is 3. The maximum atomic E-state index is 7.03. The van der Waals surface area contributed by atoms with Gasteiger partial charge in [-0.1, -0.05) is 6.08 Å². The van der Waals surface area contributed by atoms with Gasteiger partial charge in [-0.2, -0.15) is 0 Å². The molecule has 2 N–H and O–H groups in total. The lowest BCUT2D eigenvalue weighted by molar-refractivity contribution is -0.0957.